The number of Topliss-reactive ketones (excluding diaryl/α,β-unsaturated/α-hetero) is 1. The molecule has 0 amide bonds. The molecule has 0 radical (unpaired) electrons. The Balaban J connectivity index is 0.000000174. The zero-order valence-electron chi connectivity index (χ0n) is 13.8. The number of allylic oxidation sites excluding steroid dienone is 3. The summed E-state index contributed by atoms with van der Waals surface area (Å²) >= 11 is 0. The van der Waals surface area contributed by atoms with Gasteiger partial charge in [-0.25, -0.2) is 0 Å². The fourth-order valence-corrected chi connectivity index (χ4v) is 4.22. The molecule has 4 aliphatic rings. The Morgan fingerprint density at radius 3 is 2.50 bits per heavy atom. The van der Waals surface area contributed by atoms with Gasteiger partial charge in [0.05, 0.1) is 0 Å². The predicted molar refractivity (Wildman–Crippen MR) is 91.7 cm³/mol. The molecule has 0 aromatic heterocycles. The minimum Gasteiger partial charge on any atom is -0.307 e. The summed E-state index contributed by atoms with van der Waals surface area (Å²) in [6.07, 6.45) is 19.8. The van der Waals surface area contributed by atoms with E-state index in [1.807, 2.05) is 0 Å². The molecular weight excluding hydrogens is 270 g/mol. The zero-order valence-corrected chi connectivity index (χ0v) is 13.8. The lowest BCUT2D eigenvalue weighted by atomic mass is 9.75. The largest absolute Gasteiger partial charge is 0.307 e. The van der Waals surface area contributed by atoms with Crippen molar-refractivity contribution in [2.75, 3.05) is 0 Å². The first kappa shape index (κ1) is 15.7. The van der Waals surface area contributed by atoms with Gasteiger partial charge in [0.1, 0.15) is 5.78 Å². The second-order valence-electron chi connectivity index (χ2n) is 7.10. The van der Waals surface area contributed by atoms with Crippen LogP contribution in [-0.4, -0.2) is 17.9 Å². The molecule has 0 saturated heterocycles. The van der Waals surface area contributed by atoms with Gasteiger partial charge >= 0.3 is 0 Å². The molecular formula is C20H29NO. The van der Waals surface area contributed by atoms with E-state index in [1.165, 1.54) is 32.1 Å². The van der Waals surface area contributed by atoms with Crippen molar-refractivity contribution in [3.05, 3.63) is 35.5 Å². The van der Waals surface area contributed by atoms with E-state index in [0.717, 1.165) is 25.7 Å². The van der Waals surface area contributed by atoms with Crippen LogP contribution in [0.1, 0.15) is 64.7 Å². The summed E-state index contributed by atoms with van der Waals surface area (Å²) in [4.78, 5) is 10.5. The van der Waals surface area contributed by atoms with Gasteiger partial charge in [0.2, 0.25) is 0 Å². The molecule has 3 unspecified atom stereocenters. The van der Waals surface area contributed by atoms with Gasteiger partial charge in [-0.15, -0.1) is 0 Å². The second kappa shape index (κ2) is 7.41. The normalized spacial score (nSPS) is 33.7. The molecule has 0 spiro atoms. The van der Waals surface area contributed by atoms with Gasteiger partial charge in [-0.3, -0.25) is 4.79 Å². The van der Waals surface area contributed by atoms with Crippen molar-refractivity contribution in [2.45, 2.75) is 76.8 Å². The van der Waals surface area contributed by atoms with E-state index in [1.54, 1.807) is 11.1 Å². The number of nitrogens with one attached hydrogen (secondary N) is 1. The van der Waals surface area contributed by atoms with Crippen LogP contribution in [0.2, 0.25) is 0 Å². The lowest BCUT2D eigenvalue weighted by Gasteiger charge is -2.41. The Labute approximate surface area is 134 Å². The Morgan fingerprint density at radius 1 is 1.00 bits per heavy atom. The number of carbonyl (C=O) groups excluding carboxylic acids is 1. The van der Waals surface area contributed by atoms with Gasteiger partial charge in [0.15, 0.2) is 0 Å². The summed E-state index contributed by atoms with van der Waals surface area (Å²) in [5.74, 6) is 1.09. The van der Waals surface area contributed by atoms with Gasteiger partial charge in [0.25, 0.3) is 0 Å². The lowest BCUT2D eigenvalue weighted by molar-refractivity contribution is -0.120. The fourth-order valence-electron chi connectivity index (χ4n) is 4.22. The van der Waals surface area contributed by atoms with E-state index in [2.05, 4.69) is 36.5 Å². The Kier molecular flexibility index (Phi) is 5.30. The molecule has 0 bridgehead atoms. The first-order chi connectivity index (χ1) is 10.8. The van der Waals surface area contributed by atoms with E-state index >= 15 is 0 Å². The maximum atomic E-state index is 10.5. The quantitative estimate of drug-likeness (QED) is 0.714. The minimum atomic E-state index is 0.464. The molecule has 3 aliphatic carbocycles. The summed E-state index contributed by atoms with van der Waals surface area (Å²) in [5.41, 5.74) is 3.32. The van der Waals surface area contributed by atoms with Crippen LogP contribution in [0, 0.1) is 5.92 Å². The third kappa shape index (κ3) is 3.60. The molecule has 0 aromatic rings. The first-order valence-electron chi connectivity index (χ1n) is 9.11. The molecule has 0 aromatic carbocycles. The van der Waals surface area contributed by atoms with Gasteiger partial charge in [-0.2, -0.15) is 0 Å². The van der Waals surface area contributed by atoms with Crippen molar-refractivity contribution in [3.8, 4) is 0 Å². The SMILES string of the molecule is CC1NC2CCCCC2=C2C=CC=CC21.O=C1CCCCC1. The highest BCUT2D eigenvalue weighted by molar-refractivity contribution is 5.78. The van der Waals surface area contributed by atoms with E-state index in [-0.39, 0.29) is 0 Å². The third-order valence-corrected chi connectivity index (χ3v) is 5.46. The molecule has 2 fully saturated rings. The number of fused-ring (bicyclic) bond motifs is 2. The molecule has 1 N–H and O–H groups in total. The van der Waals surface area contributed by atoms with Crippen LogP contribution in [0.15, 0.2) is 35.5 Å². The summed E-state index contributed by atoms with van der Waals surface area (Å²) in [6, 6.07) is 1.28. The van der Waals surface area contributed by atoms with Crippen LogP contribution in [0.25, 0.3) is 0 Å². The van der Waals surface area contributed by atoms with E-state index in [0.29, 0.717) is 23.8 Å². The second-order valence-corrected chi connectivity index (χ2v) is 7.10. The zero-order chi connectivity index (χ0) is 15.4. The number of hydrogen-bond donors (Lipinski definition) is 1. The van der Waals surface area contributed by atoms with Gasteiger partial charge in [-0.05, 0) is 50.2 Å². The van der Waals surface area contributed by atoms with E-state index in [9.17, 15) is 4.79 Å². The lowest BCUT2D eigenvalue weighted by Crippen LogP contribution is -2.48. The highest BCUT2D eigenvalue weighted by Gasteiger charge is 2.33. The molecule has 1 heterocycles. The van der Waals surface area contributed by atoms with Crippen LogP contribution in [-0.2, 0) is 4.79 Å². The standard InChI is InChI=1S/C14H19N.C6H10O/c1-10-11-6-2-3-7-12(11)13-8-4-5-9-14(13)15-10;7-6-4-2-1-3-5-6/h2-3,6-7,10-11,14-15H,4-5,8-9H2,1H3;1-5H2. The summed E-state index contributed by atoms with van der Waals surface area (Å²) < 4.78 is 0. The Morgan fingerprint density at radius 2 is 1.77 bits per heavy atom. The topological polar surface area (TPSA) is 29.1 Å². The summed E-state index contributed by atoms with van der Waals surface area (Å²) in [6.45, 7) is 2.32. The number of rotatable bonds is 0. The highest BCUT2D eigenvalue weighted by Crippen LogP contribution is 2.37. The van der Waals surface area contributed by atoms with Gasteiger partial charge in [0, 0.05) is 30.8 Å². The predicted octanol–water partition coefficient (Wildman–Crippen LogP) is 4.48. The summed E-state index contributed by atoms with van der Waals surface area (Å²) in [5, 5.41) is 3.77. The fraction of sp³-hybridized carbons (Fsp3) is 0.650. The molecule has 2 nitrogen and oxygen atoms in total. The number of ketones is 1. The molecule has 3 atom stereocenters. The molecule has 4 rings (SSSR count). The summed E-state index contributed by atoms with van der Waals surface area (Å²) in [7, 11) is 0. The van der Waals surface area contributed by atoms with Crippen molar-refractivity contribution in [2.24, 2.45) is 5.92 Å². The molecule has 2 heteroatoms. The Bertz CT molecular complexity index is 492. The van der Waals surface area contributed by atoms with Crippen LogP contribution >= 0.6 is 0 Å². The monoisotopic (exact) mass is 299 g/mol. The van der Waals surface area contributed by atoms with Crippen molar-refractivity contribution in [1.82, 2.24) is 5.32 Å². The van der Waals surface area contributed by atoms with Crippen molar-refractivity contribution in [3.63, 3.8) is 0 Å². The van der Waals surface area contributed by atoms with Gasteiger partial charge < -0.3 is 5.32 Å². The van der Waals surface area contributed by atoms with Gasteiger partial charge in [-0.1, -0.05) is 37.1 Å². The smallest absolute Gasteiger partial charge is 0.132 e. The molecule has 120 valence electrons. The average Bonchev–Trinajstić information content (AvgIpc) is 2.57. The van der Waals surface area contributed by atoms with E-state index < -0.39 is 0 Å². The maximum Gasteiger partial charge on any atom is 0.132 e. The minimum absolute atomic E-state index is 0.464. The molecule has 22 heavy (non-hydrogen) atoms. The van der Waals surface area contributed by atoms with E-state index in [4.69, 9.17) is 0 Å². The van der Waals surface area contributed by atoms with Crippen molar-refractivity contribution >= 4 is 5.78 Å². The van der Waals surface area contributed by atoms with Crippen molar-refractivity contribution < 1.29 is 4.79 Å². The first-order valence-corrected chi connectivity index (χ1v) is 9.11. The van der Waals surface area contributed by atoms with Crippen LogP contribution in [0.4, 0.5) is 0 Å². The maximum absolute atomic E-state index is 10.5. The van der Waals surface area contributed by atoms with Crippen LogP contribution in [0.5, 0.6) is 0 Å². The highest BCUT2D eigenvalue weighted by atomic mass is 16.1. The van der Waals surface area contributed by atoms with Crippen LogP contribution in [0.3, 0.4) is 0 Å². The van der Waals surface area contributed by atoms with Crippen molar-refractivity contribution in [1.29, 1.82) is 0 Å². The average molecular weight is 299 g/mol. The Hall–Kier alpha value is -1.15. The number of hydrogen-bond acceptors (Lipinski definition) is 2. The third-order valence-electron chi connectivity index (χ3n) is 5.46. The molecule has 2 saturated carbocycles. The number of carbonyl (C=O) groups is 1. The van der Waals surface area contributed by atoms with Crippen LogP contribution < -0.4 is 5.32 Å². The molecule has 1 aliphatic heterocycles.